The second-order valence-electron chi connectivity index (χ2n) is 5.03. The van der Waals surface area contributed by atoms with Gasteiger partial charge in [0.1, 0.15) is 5.82 Å². The van der Waals surface area contributed by atoms with Gasteiger partial charge in [0.25, 0.3) is 0 Å². The van der Waals surface area contributed by atoms with Gasteiger partial charge in [-0.15, -0.1) is 0 Å². The molecule has 4 heteroatoms. The van der Waals surface area contributed by atoms with Crippen molar-refractivity contribution in [1.29, 1.82) is 0 Å². The van der Waals surface area contributed by atoms with Crippen molar-refractivity contribution in [3.8, 4) is 11.3 Å². The van der Waals surface area contributed by atoms with Crippen molar-refractivity contribution in [1.82, 2.24) is 14.9 Å². The molecule has 3 rings (SSSR count). The molecular weight excluding hydrogens is 241 g/mol. The Hall–Kier alpha value is -1.68. The second kappa shape index (κ2) is 5.53. The first-order valence-electron chi connectivity index (χ1n) is 6.83. The van der Waals surface area contributed by atoms with Crippen LogP contribution >= 0.6 is 0 Å². The van der Waals surface area contributed by atoms with E-state index in [0.717, 1.165) is 37.2 Å². The summed E-state index contributed by atoms with van der Waals surface area (Å²) < 4.78 is 15.6. The summed E-state index contributed by atoms with van der Waals surface area (Å²) in [5.41, 5.74) is 1.90. The van der Waals surface area contributed by atoms with Crippen LogP contribution < -0.4 is 5.32 Å². The molecule has 0 spiro atoms. The van der Waals surface area contributed by atoms with E-state index in [1.807, 2.05) is 18.6 Å². The molecule has 1 atom stereocenters. The van der Waals surface area contributed by atoms with E-state index in [-0.39, 0.29) is 5.82 Å². The maximum absolute atomic E-state index is 13.4. The molecule has 1 unspecified atom stereocenters. The Labute approximate surface area is 112 Å². The monoisotopic (exact) mass is 259 g/mol. The second-order valence-corrected chi connectivity index (χ2v) is 5.03. The van der Waals surface area contributed by atoms with Gasteiger partial charge in [-0.05, 0) is 44.5 Å². The predicted molar refractivity (Wildman–Crippen MR) is 73.4 cm³/mol. The van der Waals surface area contributed by atoms with Crippen LogP contribution in [0.1, 0.15) is 25.3 Å². The zero-order valence-corrected chi connectivity index (χ0v) is 10.8. The molecule has 1 aliphatic rings. The van der Waals surface area contributed by atoms with Gasteiger partial charge in [-0.25, -0.2) is 9.37 Å². The molecule has 19 heavy (non-hydrogen) atoms. The number of hydrogen-bond acceptors (Lipinski definition) is 2. The van der Waals surface area contributed by atoms with Gasteiger partial charge in [-0.1, -0.05) is 12.1 Å². The molecule has 0 radical (unpaired) electrons. The van der Waals surface area contributed by atoms with E-state index in [0.29, 0.717) is 6.04 Å². The highest BCUT2D eigenvalue weighted by molar-refractivity contribution is 5.59. The van der Waals surface area contributed by atoms with E-state index < -0.39 is 0 Å². The maximum atomic E-state index is 13.4. The molecule has 0 aliphatic carbocycles. The van der Waals surface area contributed by atoms with Crippen molar-refractivity contribution in [3.63, 3.8) is 0 Å². The molecule has 1 fully saturated rings. The zero-order chi connectivity index (χ0) is 13.1. The number of nitrogens with one attached hydrogen (secondary N) is 1. The van der Waals surface area contributed by atoms with Crippen LogP contribution in [0.2, 0.25) is 0 Å². The summed E-state index contributed by atoms with van der Waals surface area (Å²) in [4.78, 5) is 4.25. The smallest absolute Gasteiger partial charge is 0.123 e. The van der Waals surface area contributed by atoms with Crippen LogP contribution in [0.3, 0.4) is 0 Å². The van der Waals surface area contributed by atoms with E-state index in [2.05, 4.69) is 14.9 Å². The minimum atomic E-state index is -0.201. The van der Waals surface area contributed by atoms with E-state index in [1.54, 1.807) is 12.1 Å². The third-order valence-corrected chi connectivity index (χ3v) is 3.73. The molecule has 1 aliphatic heterocycles. The minimum absolute atomic E-state index is 0.201. The van der Waals surface area contributed by atoms with Crippen LogP contribution in [-0.2, 0) is 0 Å². The molecule has 1 aromatic heterocycles. The Morgan fingerprint density at radius 2 is 2.21 bits per heavy atom. The predicted octanol–water partition coefficient (Wildman–Crippen LogP) is 3.00. The normalized spacial score (nSPS) is 20.2. The number of halogens is 1. The number of aromatic nitrogens is 2. The molecule has 1 saturated heterocycles. The van der Waals surface area contributed by atoms with Gasteiger partial charge in [0.15, 0.2) is 0 Å². The summed E-state index contributed by atoms with van der Waals surface area (Å²) in [5.74, 6) is -0.201. The lowest BCUT2D eigenvalue weighted by atomic mass is 10.1. The highest BCUT2D eigenvalue weighted by atomic mass is 19.1. The quantitative estimate of drug-likeness (QED) is 0.898. The topological polar surface area (TPSA) is 29.9 Å². The maximum Gasteiger partial charge on any atom is 0.123 e. The lowest BCUT2D eigenvalue weighted by Crippen LogP contribution is -2.15. The summed E-state index contributed by atoms with van der Waals surface area (Å²) in [6.07, 6.45) is 7.11. The van der Waals surface area contributed by atoms with E-state index in [1.165, 1.54) is 12.5 Å². The van der Waals surface area contributed by atoms with E-state index in [4.69, 9.17) is 0 Å². The van der Waals surface area contributed by atoms with E-state index in [9.17, 15) is 4.39 Å². The van der Waals surface area contributed by atoms with Crippen molar-refractivity contribution in [2.45, 2.75) is 25.3 Å². The molecule has 0 saturated carbocycles. The van der Waals surface area contributed by atoms with Crippen molar-refractivity contribution in [2.24, 2.45) is 0 Å². The van der Waals surface area contributed by atoms with Crippen molar-refractivity contribution in [3.05, 3.63) is 42.6 Å². The molecule has 1 aromatic carbocycles. The summed E-state index contributed by atoms with van der Waals surface area (Å²) >= 11 is 0. The van der Waals surface area contributed by atoms with Crippen molar-refractivity contribution < 1.29 is 4.39 Å². The summed E-state index contributed by atoms with van der Waals surface area (Å²) in [6, 6.07) is 7.18. The van der Waals surface area contributed by atoms with Gasteiger partial charge in [0.2, 0.25) is 0 Å². The fraction of sp³-hybridized carbons (Fsp3) is 0.400. The first kappa shape index (κ1) is 12.4. The Morgan fingerprint density at radius 1 is 1.26 bits per heavy atom. The molecule has 2 aromatic rings. The minimum Gasteiger partial charge on any atom is -0.327 e. The third kappa shape index (κ3) is 2.68. The number of hydrogen-bond donors (Lipinski definition) is 1. The summed E-state index contributed by atoms with van der Waals surface area (Å²) in [7, 11) is 0. The van der Waals surface area contributed by atoms with Gasteiger partial charge in [-0.3, -0.25) is 0 Å². The lowest BCUT2D eigenvalue weighted by molar-refractivity contribution is 0.457. The van der Waals surface area contributed by atoms with Crippen LogP contribution in [0.25, 0.3) is 11.3 Å². The third-order valence-electron chi connectivity index (χ3n) is 3.73. The first-order valence-corrected chi connectivity index (χ1v) is 6.83. The van der Waals surface area contributed by atoms with Crippen LogP contribution in [0, 0.1) is 5.82 Å². The van der Waals surface area contributed by atoms with Gasteiger partial charge in [0, 0.05) is 11.6 Å². The van der Waals surface area contributed by atoms with Crippen molar-refractivity contribution in [2.75, 3.05) is 13.1 Å². The Kier molecular flexibility index (Phi) is 3.60. The number of benzene rings is 1. The van der Waals surface area contributed by atoms with Crippen LogP contribution in [0.5, 0.6) is 0 Å². The molecule has 1 N–H and O–H groups in total. The molecular formula is C15H18FN3. The van der Waals surface area contributed by atoms with Crippen LogP contribution in [0.15, 0.2) is 36.8 Å². The first-order chi connectivity index (χ1) is 9.34. The number of imidazole rings is 1. The highest BCUT2D eigenvalue weighted by Gasteiger charge is 2.17. The average molecular weight is 259 g/mol. The average Bonchev–Trinajstić information content (AvgIpc) is 2.75. The molecule has 3 nitrogen and oxygen atoms in total. The van der Waals surface area contributed by atoms with Gasteiger partial charge in [0.05, 0.1) is 18.2 Å². The van der Waals surface area contributed by atoms with Crippen LogP contribution in [0.4, 0.5) is 4.39 Å². The SMILES string of the molecule is Fc1cccc(-c2cncn2C2CCCNCC2)c1. The van der Waals surface area contributed by atoms with Gasteiger partial charge >= 0.3 is 0 Å². The standard InChI is InChI=1S/C15H18FN3/c16-13-4-1-3-12(9-13)15-10-18-11-19(15)14-5-2-7-17-8-6-14/h1,3-4,9-11,14,17H,2,5-8H2. The zero-order valence-electron chi connectivity index (χ0n) is 10.8. The van der Waals surface area contributed by atoms with Gasteiger partial charge in [-0.2, -0.15) is 0 Å². The molecule has 100 valence electrons. The van der Waals surface area contributed by atoms with E-state index >= 15 is 0 Å². The fourth-order valence-electron chi connectivity index (χ4n) is 2.75. The fourth-order valence-corrected chi connectivity index (χ4v) is 2.75. The Bertz CT molecular complexity index is 542. The molecule has 0 amide bonds. The highest BCUT2D eigenvalue weighted by Crippen LogP contribution is 2.27. The summed E-state index contributed by atoms with van der Waals surface area (Å²) in [6.45, 7) is 2.12. The van der Waals surface area contributed by atoms with Crippen LogP contribution in [-0.4, -0.2) is 22.6 Å². The lowest BCUT2D eigenvalue weighted by Gasteiger charge is -2.18. The van der Waals surface area contributed by atoms with Gasteiger partial charge < -0.3 is 9.88 Å². The Balaban J connectivity index is 1.93. The number of nitrogens with zero attached hydrogens (tertiary/aromatic N) is 2. The summed E-state index contributed by atoms with van der Waals surface area (Å²) in [5, 5.41) is 3.41. The molecule has 0 bridgehead atoms. The van der Waals surface area contributed by atoms with Crippen molar-refractivity contribution >= 4 is 0 Å². The number of rotatable bonds is 2. The Morgan fingerprint density at radius 3 is 3.11 bits per heavy atom. The largest absolute Gasteiger partial charge is 0.327 e. The molecule has 2 heterocycles.